The van der Waals surface area contributed by atoms with Crippen LogP contribution >= 0.6 is 0 Å². The molecule has 0 saturated carbocycles. The molecule has 1 aromatic heterocycles. The van der Waals surface area contributed by atoms with Gasteiger partial charge < -0.3 is 0 Å². The van der Waals surface area contributed by atoms with Gasteiger partial charge in [0.05, 0.1) is 5.69 Å². The smallest absolute Gasteiger partial charge is 0.205 e. The van der Waals surface area contributed by atoms with Gasteiger partial charge in [-0.2, -0.15) is 0 Å². The van der Waals surface area contributed by atoms with Gasteiger partial charge in [0.15, 0.2) is 0 Å². The van der Waals surface area contributed by atoms with Crippen molar-refractivity contribution < 1.29 is 4.79 Å². The Bertz CT molecular complexity index is 294. The molecule has 0 atom stereocenters. The molecule has 0 aliphatic heterocycles. The summed E-state index contributed by atoms with van der Waals surface area (Å²) in [7, 11) is 0. The largest absolute Gasteiger partial charge is 0.287 e. The van der Waals surface area contributed by atoms with Crippen LogP contribution in [-0.2, 0) is 0 Å². The summed E-state index contributed by atoms with van der Waals surface area (Å²) in [5.41, 5.74) is 1.01. The topological polar surface area (TPSA) is 42.9 Å². The Balaban J connectivity index is 3.13. The number of nitrogens with zero attached hydrogens (tertiary/aromatic N) is 2. The van der Waals surface area contributed by atoms with Gasteiger partial charge in [0, 0.05) is 12.4 Å². The van der Waals surface area contributed by atoms with Gasteiger partial charge in [-0.05, 0) is 13.0 Å². The van der Waals surface area contributed by atoms with Crippen molar-refractivity contribution in [2.45, 2.75) is 6.92 Å². The zero-order valence-corrected chi connectivity index (χ0v) is 6.24. The first-order chi connectivity index (χ1) is 5.25. The molecule has 3 nitrogen and oxygen atoms in total. The lowest BCUT2D eigenvalue weighted by molar-refractivity contribution is 0.104. The average Bonchev–Trinajstić information content (AvgIpc) is 2.04. The van der Waals surface area contributed by atoms with Crippen molar-refractivity contribution in [1.29, 1.82) is 0 Å². The number of aryl methyl sites for hydroxylation is 1. The van der Waals surface area contributed by atoms with Crippen molar-refractivity contribution in [2.24, 2.45) is 0 Å². The van der Waals surface area contributed by atoms with Crippen LogP contribution in [0.2, 0.25) is 0 Å². The predicted octanol–water partition coefficient (Wildman–Crippen LogP) is 1.15. The van der Waals surface area contributed by atoms with Crippen LogP contribution in [0.25, 0.3) is 0 Å². The first kappa shape index (κ1) is 7.60. The van der Waals surface area contributed by atoms with Gasteiger partial charge in [-0.3, -0.25) is 9.78 Å². The van der Waals surface area contributed by atoms with E-state index in [0.717, 1.165) is 0 Å². The van der Waals surface area contributed by atoms with Gasteiger partial charge in [-0.15, -0.1) is 0 Å². The number of hydrogen-bond acceptors (Lipinski definition) is 3. The van der Waals surface area contributed by atoms with E-state index in [0.29, 0.717) is 11.4 Å². The van der Waals surface area contributed by atoms with Crippen LogP contribution in [0.15, 0.2) is 25.0 Å². The zero-order valence-electron chi connectivity index (χ0n) is 6.24. The summed E-state index contributed by atoms with van der Waals surface area (Å²) >= 11 is 0. The summed E-state index contributed by atoms with van der Waals surface area (Å²) in [6, 6.07) is 0. The average molecular weight is 148 g/mol. The van der Waals surface area contributed by atoms with E-state index in [9.17, 15) is 4.79 Å². The molecule has 1 heterocycles. The summed E-state index contributed by atoms with van der Waals surface area (Å²) in [6.45, 7) is 5.10. The number of carbonyl (C=O) groups is 1. The minimum atomic E-state index is -0.185. The van der Waals surface area contributed by atoms with Crippen LogP contribution < -0.4 is 0 Å². The molecule has 0 N–H and O–H groups in total. The molecule has 0 radical (unpaired) electrons. The van der Waals surface area contributed by atoms with Crippen LogP contribution in [0.4, 0.5) is 0 Å². The molecule has 3 heteroatoms. The van der Waals surface area contributed by atoms with Gasteiger partial charge in [0.1, 0.15) is 5.69 Å². The van der Waals surface area contributed by atoms with Gasteiger partial charge in [0.2, 0.25) is 5.78 Å². The number of carbonyl (C=O) groups excluding carboxylic acids is 1. The van der Waals surface area contributed by atoms with Crippen molar-refractivity contribution in [3.63, 3.8) is 0 Å². The maximum atomic E-state index is 11.0. The van der Waals surface area contributed by atoms with E-state index in [1.807, 2.05) is 0 Å². The second-order valence-electron chi connectivity index (χ2n) is 2.06. The highest BCUT2D eigenvalue weighted by Gasteiger charge is 2.05. The molecule has 0 fully saturated rings. The van der Waals surface area contributed by atoms with Gasteiger partial charge in [-0.25, -0.2) is 4.98 Å². The molecule has 0 aliphatic rings. The van der Waals surface area contributed by atoms with Crippen LogP contribution in [0, 0.1) is 6.92 Å². The third-order valence-corrected chi connectivity index (χ3v) is 1.30. The highest BCUT2D eigenvalue weighted by atomic mass is 16.1. The molecule has 0 saturated heterocycles. The van der Waals surface area contributed by atoms with E-state index < -0.39 is 0 Å². The Labute approximate surface area is 64.8 Å². The van der Waals surface area contributed by atoms with Crippen LogP contribution in [0.1, 0.15) is 16.2 Å². The van der Waals surface area contributed by atoms with Gasteiger partial charge in [0.25, 0.3) is 0 Å². The standard InChI is InChI=1S/C8H8N2O/c1-3-7(11)8-6(2)9-4-5-10-8/h3-5H,1H2,2H3. The number of ketones is 1. The molecule has 0 amide bonds. The quantitative estimate of drug-likeness (QED) is 0.466. The Morgan fingerprint density at radius 3 is 2.73 bits per heavy atom. The lowest BCUT2D eigenvalue weighted by Gasteiger charge is -1.96. The van der Waals surface area contributed by atoms with Crippen molar-refractivity contribution >= 4 is 5.78 Å². The third-order valence-electron chi connectivity index (χ3n) is 1.30. The van der Waals surface area contributed by atoms with E-state index in [2.05, 4.69) is 16.5 Å². The van der Waals surface area contributed by atoms with Crippen LogP contribution in [-0.4, -0.2) is 15.8 Å². The zero-order chi connectivity index (χ0) is 8.27. The summed E-state index contributed by atoms with van der Waals surface area (Å²) in [5, 5.41) is 0. The minimum absolute atomic E-state index is 0.185. The highest BCUT2D eigenvalue weighted by molar-refractivity contribution is 6.03. The van der Waals surface area contributed by atoms with E-state index in [1.165, 1.54) is 12.3 Å². The number of allylic oxidation sites excluding steroid dienone is 1. The second kappa shape index (κ2) is 3.05. The van der Waals surface area contributed by atoms with Gasteiger partial charge in [-0.1, -0.05) is 6.58 Å². The molecule has 11 heavy (non-hydrogen) atoms. The second-order valence-corrected chi connectivity index (χ2v) is 2.06. The molecule has 0 aromatic carbocycles. The molecular weight excluding hydrogens is 140 g/mol. The van der Waals surface area contributed by atoms with Crippen molar-refractivity contribution in [3.8, 4) is 0 Å². The van der Waals surface area contributed by atoms with Crippen LogP contribution in [0.5, 0.6) is 0 Å². The molecule has 1 rings (SSSR count). The SMILES string of the molecule is C=CC(=O)c1nccnc1C. The molecule has 56 valence electrons. The van der Waals surface area contributed by atoms with Crippen molar-refractivity contribution in [1.82, 2.24) is 9.97 Å². The Morgan fingerprint density at radius 2 is 2.18 bits per heavy atom. The maximum absolute atomic E-state index is 11.0. The molecular formula is C8H8N2O. The molecule has 0 spiro atoms. The summed E-state index contributed by atoms with van der Waals surface area (Å²) in [6.07, 6.45) is 4.27. The highest BCUT2D eigenvalue weighted by Crippen LogP contribution is 2.00. The number of hydrogen-bond donors (Lipinski definition) is 0. The molecule has 0 aliphatic carbocycles. The predicted molar refractivity (Wildman–Crippen MR) is 41.3 cm³/mol. The van der Waals surface area contributed by atoms with Crippen LogP contribution in [0.3, 0.4) is 0 Å². The fourth-order valence-corrected chi connectivity index (χ4v) is 0.746. The molecule has 0 unspecified atom stereocenters. The number of rotatable bonds is 2. The maximum Gasteiger partial charge on any atom is 0.205 e. The Hall–Kier alpha value is -1.51. The monoisotopic (exact) mass is 148 g/mol. The lowest BCUT2D eigenvalue weighted by Crippen LogP contribution is -2.02. The Kier molecular flexibility index (Phi) is 2.11. The summed E-state index contributed by atoms with van der Waals surface area (Å²) in [5.74, 6) is -0.185. The normalized spacial score (nSPS) is 9.18. The minimum Gasteiger partial charge on any atom is -0.287 e. The fraction of sp³-hybridized carbons (Fsp3) is 0.125. The Morgan fingerprint density at radius 1 is 1.55 bits per heavy atom. The molecule has 1 aromatic rings. The van der Waals surface area contributed by atoms with Gasteiger partial charge >= 0.3 is 0 Å². The van der Waals surface area contributed by atoms with E-state index >= 15 is 0 Å². The first-order valence-corrected chi connectivity index (χ1v) is 3.20. The lowest BCUT2D eigenvalue weighted by atomic mass is 10.2. The fourth-order valence-electron chi connectivity index (χ4n) is 0.746. The summed E-state index contributed by atoms with van der Waals surface area (Å²) < 4.78 is 0. The first-order valence-electron chi connectivity index (χ1n) is 3.20. The van der Waals surface area contributed by atoms with Crippen molar-refractivity contribution in [3.05, 3.63) is 36.4 Å². The summed E-state index contributed by atoms with van der Waals surface area (Å²) in [4.78, 5) is 18.8. The van der Waals surface area contributed by atoms with E-state index in [-0.39, 0.29) is 5.78 Å². The van der Waals surface area contributed by atoms with Crippen molar-refractivity contribution in [2.75, 3.05) is 0 Å². The van der Waals surface area contributed by atoms with E-state index in [1.54, 1.807) is 13.1 Å². The third kappa shape index (κ3) is 1.49. The number of aromatic nitrogens is 2. The van der Waals surface area contributed by atoms with E-state index in [4.69, 9.17) is 0 Å². The molecule has 0 bridgehead atoms.